The molecular formula is C10H22N4. The minimum atomic E-state index is 0.153. The number of likely N-dealkylation sites (N-methyl/N-ethyl adjacent to an activating group) is 1. The molecule has 1 rings (SSSR count). The average Bonchev–Trinajstić information content (AvgIpc) is 2.53. The Balaban J connectivity index is 2.51. The summed E-state index contributed by atoms with van der Waals surface area (Å²) in [5.41, 5.74) is 5.58. The van der Waals surface area contributed by atoms with Gasteiger partial charge in [-0.1, -0.05) is 6.92 Å². The molecule has 0 amide bonds. The molecule has 4 nitrogen and oxygen atoms in total. The normalized spacial score (nSPS) is 25.6. The lowest BCUT2D eigenvalue weighted by Gasteiger charge is -2.26. The van der Waals surface area contributed by atoms with Gasteiger partial charge >= 0.3 is 0 Å². The van der Waals surface area contributed by atoms with Gasteiger partial charge in [-0.25, -0.2) is 0 Å². The van der Waals surface area contributed by atoms with Crippen LogP contribution in [0.4, 0.5) is 0 Å². The third kappa shape index (κ3) is 2.45. The summed E-state index contributed by atoms with van der Waals surface area (Å²) >= 11 is 0. The van der Waals surface area contributed by atoms with Crippen LogP contribution >= 0.6 is 0 Å². The number of rotatable bonds is 4. The topological polar surface area (TPSA) is 56.4 Å². The lowest BCUT2D eigenvalue weighted by atomic mass is 10.2. The molecule has 2 atom stereocenters. The zero-order valence-electron chi connectivity index (χ0n) is 9.45. The van der Waals surface area contributed by atoms with Gasteiger partial charge in [0.2, 0.25) is 0 Å². The predicted molar refractivity (Wildman–Crippen MR) is 59.7 cm³/mol. The summed E-state index contributed by atoms with van der Waals surface area (Å²) < 4.78 is 0. The van der Waals surface area contributed by atoms with Crippen molar-refractivity contribution < 1.29 is 0 Å². The van der Waals surface area contributed by atoms with Crippen molar-refractivity contribution in [2.24, 2.45) is 5.73 Å². The molecule has 1 fully saturated rings. The second kappa shape index (κ2) is 4.75. The molecule has 0 spiro atoms. The van der Waals surface area contributed by atoms with E-state index >= 15 is 0 Å². The molecule has 1 aliphatic heterocycles. The Kier molecular flexibility index (Phi) is 3.89. The van der Waals surface area contributed by atoms with Gasteiger partial charge in [-0.2, -0.15) is 0 Å². The Bertz CT molecular complexity index is 202. The van der Waals surface area contributed by atoms with Crippen LogP contribution in [-0.2, 0) is 0 Å². The zero-order valence-corrected chi connectivity index (χ0v) is 9.45. The van der Waals surface area contributed by atoms with E-state index in [1.54, 1.807) is 0 Å². The largest absolute Gasteiger partial charge is 0.386 e. The summed E-state index contributed by atoms with van der Waals surface area (Å²) in [6, 6.07) is 0.781. The summed E-state index contributed by atoms with van der Waals surface area (Å²) in [5.74, 6) is 0.312. The SMILES string of the molecule is CCC(C(=N)N)N1CCC(N(C)C)C1. The molecule has 0 aromatic rings. The standard InChI is InChI=1S/C10H22N4/c1-4-9(10(11)12)14-6-5-8(7-14)13(2)3/h8-9H,4-7H2,1-3H3,(H3,11,12). The molecule has 0 aromatic carbocycles. The van der Waals surface area contributed by atoms with Gasteiger partial charge in [-0.05, 0) is 26.9 Å². The molecule has 4 heteroatoms. The first-order valence-electron chi connectivity index (χ1n) is 5.30. The molecular weight excluding hydrogens is 176 g/mol. The molecule has 0 aromatic heterocycles. The first-order valence-corrected chi connectivity index (χ1v) is 5.30. The lowest BCUT2D eigenvalue weighted by Crippen LogP contribution is -2.44. The third-order valence-corrected chi connectivity index (χ3v) is 3.11. The minimum absolute atomic E-state index is 0.153. The Hall–Kier alpha value is -0.610. The highest BCUT2D eigenvalue weighted by atomic mass is 15.3. The lowest BCUT2D eigenvalue weighted by molar-refractivity contribution is 0.246. The Morgan fingerprint density at radius 1 is 1.64 bits per heavy atom. The van der Waals surface area contributed by atoms with Gasteiger partial charge in [0.15, 0.2) is 0 Å². The monoisotopic (exact) mass is 198 g/mol. The molecule has 0 bridgehead atoms. The van der Waals surface area contributed by atoms with E-state index in [1.807, 2.05) is 0 Å². The minimum Gasteiger partial charge on any atom is -0.386 e. The van der Waals surface area contributed by atoms with Gasteiger partial charge in [0, 0.05) is 19.1 Å². The number of nitrogens with one attached hydrogen (secondary N) is 1. The smallest absolute Gasteiger partial charge is 0.108 e. The maximum absolute atomic E-state index is 7.51. The first kappa shape index (κ1) is 11.5. The van der Waals surface area contributed by atoms with Crippen LogP contribution in [0, 0.1) is 5.41 Å². The van der Waals surface area contributed by atoms with Crippen molar-refractivity contribution in [3.63, 3.8) is 0 Å². The van der Waals surface area contributed by atoms with Crippen LogP contribution in [0.1, 0.15) is 19.8 Å². The number of likely N-dealkylation sites (tertiary alicyclic amines) is 1. The first-order chi connectivity index (χ1) is 6.56. The molecule has 14 heavy (non-hydrogen) atoms. The maximum Gasteiger partial charge on any atom is 0.108 e. The summed E-state index contributed by atoms with van der Waals surface area (Å²) in [5, 5.41) is 7.51. The van der Waals surface area contributed by atoms with Gasteiger partial charge in [0.25, 0.3) is 0 Å². The summed E-state index contributed by atoms with van der Waals surface area (Å²) in [7, 11) is 4.23. The fraction of sp³-hybridized carbons (Fsp3) is 0.900. The van der Waals surface area contributed by atoms with Crippen LogP contribution in [0.3, 0.4) is 0 Å². The summed E-state index contributed by atoms with van der Waals surface area (Å²) in [6.45, 7) is 4.21. The van der Waals surface area contributed by atoms with Crippen molar-refractivity contribution in [3.8, 4) is 0 Å². The third-order valence-electron chi connectivity index (χ3n) is 3.11. The molecule has 1 heterocycles. The van der Waals surface area contributed by atoms with E-state index in [4.69, 9.17) is 11.1 Å². The van der Waals surface area contributed by atoms with Gasteiger partial charge in [-0.3, -0.25) is 10.3 Å². The van der Waals surface area contributed by atoms with E-state index in [2.05, 4.69) is 30.8 Å². The highest BCUT2D eigenvalue weighted by molar-refractivity contribution is 5.82. The Morgan fingerprint density at radius 3 is 2.64 bits per heavy atom. The summed E-state index contributed by atoms with van der Waals surface area (Å²) in [4.78, 5) is 4.58. The Labute approximate surface area is 86.6 Å². The molecule has 0 saturated carbocycles. The molecule has 82 valence electrons. The van der Waals surface area contributed by atoms with Crippen LogP contribution in [-0.4, -0.2) is 54.9 Å². The molecule has 0 radical (unpaired) electrons. The second-order valence-corrected chi connectivity index (χ2v) is 4.28. The number of amidine groups is 1. The van der Waals surface area contributed by atoms with Crippen LogP contribution in [0.2, 0.25) is 0 Å². The maximum atomic E-state index is 7.51. The molecule has 0 aliphatic carbocycles. The van der Waals surface area contributed by atoms with Crippen LogP contribution in [0.5, 0.6) is 0 Å². The van der Waals surface area contributed by atoms with Gasteiger partial charge < -0.3 is 10.6 Å². The van der Waals surface area contributed by atoms with Crippen molar-refractivity contribution in [2.75, 3.05) is 27.2 Å². The highest BCUT2D eigenvalue weighted by Crippen LogP contribution is 2.17. The van der Waals surface area contributed by atoms with E-state index in [0.29, 0.717) is 11.9 Å². The van der Waals surface area contributed by atoms with Crippen LogP contribution < -0.4 is 5.73 Å². The van der Waals surface area contributed by atoms with E-state index in [1.165, 1.54) is 6.42 Å². The number of hydrogen-bond acceptors (Lipinski definition) is 3. The average molecular weight is 198 g/mol. The van der Waals surface area contributed by atoms with Gasteiger partial charge in [0.05, 0.1) is 6.04 Å². The van der Waals surface area contributed by atoms with Crippen LogP contribution in [0.25, 0.3) is 0 Å². The molecule has 2 unspecified atom stereocenters. The fourth-order valence-electron chi connectivity index (χ4n) is 2.15. The van der Waals surface area contributed by atoms with Crippen molar-refractivity contribution in [3.05, 3.63) is 0 Å². The molecule has 3 N–H and O–H groups in total. The number of nitrogens with two attached hydrogens (primary N) is 1. The molecule has 1 saturated heterocycles. The number of nitrogens with zero attached hydrogens (tertiary/aromatic N) is 2. The number of hydrogen-bond donors (Lipinski definition) is 2. The van der Waals surface area contributed by atoms with Crippen molar-refractivity contribution >= 4 is 5.84 Å². The van der Waals surface area contributed by atoms with Crippen LogP contribution in [0.15, 0.2) is 0 Å². The van der Waals surface area contributed by atoms with E-state index in [9.17, 15) is 0 Å². The Morgan fingerprint density at radius 2 is 2.29 bits per heavy atom. The second-order valence-electron chi connectivity index (χ2n) is 4.28. The van der Waals surface area contributed by atoms with E-state index in [-0.39, 0.29) is 6.04 Å². The van der Waals surface area contributed by atoms with Crippen molar-refractivity contribution in [1.29, 1.82) is 5.41 Å². The quantitative estimate of drug-likeness (QED) is 0.506. The van der Waals surface area contributed by atoms with E-state index < -0.39 is 0 Å². The summed E-state index contributed by atoms with van der Waals surface area (Å²) in [6.07, 6.45) is 2.13. The zero-order chi connectivity index (χ0) is 10.7. The van der Waals surface area contributed by atoms with Gasteiger partial charge in [-0.15, -0.1) is 0 Å². The van der Waals surface area contributed by atoms with Crippen molar-refractivity contribution in [2.45, 2.75) is 31.8 Å². The predicted octanol–water partition coefficient (Wildman–Crippen LogP) is 0.337. The van der Waals surface area contributed by atoms with Crippen molar-refractivity contribution in [1.82, 2.24) is 9.80 Å². The van der Waals surface area contributed by atoms with E-state index in [0.717, 1.165) is 19.5 Å². The fourth-order valence-corrected chi connectivity index (χ4v) is 2.15. The highest BCUT2D eigenvalue weighted by Gasteiger charge is 2.29. The molecule has 1 aliphatic rings. The van der Waals surface area contributed by atoms with Gasteiger partial charge in [0.1, 0.15) is 5.84 Å².